The van der Waals surface area contributed by atoms with Crippen LogP contribution in [0.2, 0.25) is 0 Å². The van der Waals surface area contributed by atoms with E-state index in [0.717, 1.165) is 5.56 Å². The molecule has 1 fully saturated rings. The molecule has 2 atom stereocenters. The van der Waals surface area contributed by atoms with Gasteiger partial charge in [-0.3, -0.25) is 9.69 Å². The standard InChI is InChI=1S/C14H16F3NO2/c15-14(16,17)12(8-13(19)20)18-7-6-11(9-18)10-4-2-1-3-5-10/h1-5,11-12H,6-9H2,(H,19,20). The van der Waals surface area contributed by atoms with Gasteiger partial charge in [-0.25, -0.2) is 0 Å². The van der Waals surface area contributed by atoms with Gasteiger partial charge in [0.25, 0.3) is 0 Å². The molecule has 0 spiro atoms. The van der Waals surface area contributed by atoms with Gasteiger partial charge in [-0.1, -0.05) is 30.3 Å². The van der Waals surface area contributed by atoms with Crippen molar-refractivity contribution in [2.24, 2.45) is 0 Å². The van der Waals surface area contributed by atoms with Crippen molar-refractivity contribution in [2.45, 2.75) is 31.0 Å². The Balaban J connectivity index is 2.08. The zero-order chi connectivity index (χ0) is 14.8. The van der Waals surface area contributed by atoms with Crippen LogP contribution >= 0.6 is 0 Å². The normalized spacial score (nSPS) is 21.9. The number of aliphatic carboxylic acids is 1. The summed E-state index contributed by atoms with van der Waals surface area (Å²) in [4.78, 5) is 11.9. The molecular weight excluding hydrogens is 271 g/mol. The third-order valence-corrected chi connectivity index (χ3v) is 3.68. The van der Waals surface area contributed by atoms with Crippen LogP contribution < -0.4 is 0 Å². The lowest BCUT2D eigenvalue weighted by Crippen LogP contribution is -2.45. The fraction of sp³-hybridized carbons (Fsp3) is 0.500. The molecule has 1 aromatic carbocycles. The highest BCUT2D eigenvalue weighted by atomic mass is 19.4. The zero-order valence-electron chi connectivity index (χ0n) is 10.8. The number of likely N-dealkylation sites (tertiary alicyclic amines) is 1. The minimum absolute atomic E-state index is 0.0369. The van der Waals surface area contributed by atoms with Crippen molar-refractivity contribution in [3.05, 3.63) is 35.9 Å². The van der Waals surface area contributed by atoms with Gasteiger partial charge in [0.2, 0.25) is 0 Å². The molecule has 0 saturated carbocycles. The monoisotopic (exact) mass is 287 g/mol. The molecule has 6 heteroatoms. The lowest BCUT2D eigenvalue weighted by molar-refractivity contribution is -0.188. The van der Waals surface area contributed by atoms with Gasteiger partial charge in [-0.2, -0.15) is 13.2 Å². The number of carboxylic acids is 1. The van der Waals surface area contributed by atoms with Crippen molar-refractivity contribution in [2.75, 3.05) is 13.1 Å². The SMILES string of the molecule is O=C(O)CC(N1CCC(c2ccccc2)C1)C(F)(F)F. The number of alkyl halides is 3. The van der Waals surface area contributed by atoms with Gasteiger partial charge >= 0.3 is 12.1 Å². The van der Waals surface area contributed by atoms with E-state index < -0.39 is 24.6 Å². The lowest BCUT2D eigenvalue weighted by Gasteiger charge is -2.28. The average molecular weight is 287 g/mol. The van der Waals surface area contributed by atoms with E-state index in [1.54, 1.807) is 0 Å². The first-order valence-corrected chi connectivity index (χ1v) is 6.45. The largest absolute Gasteiger partial charge is 0.481 e. The van der Waals surface area contributed by atoms with E-state index >= 15 is 0 Å². The predicted molar refractivity (Wildman–Crippen MR) is 67.5 cm³/mol. The first-order chi connectivity index (χ1) is 9.38. The van der Waals surface area contributed by atoms with Crippen molar-refractivity contribution in [1.82, 2.24) is 4.90 Å². The van der Waals surface area contributed by atoms with Gasteiger partial charge in [0.1, 0.15) is 6.04 Å². The molecule has 1 aliphatic rings. The molecule has 1 heterocycles. The molecule has 3 nitrogen and oxygen atoms in total. The molecular formula is C14H16F3NO2. The number of nitrogens with zero attached hydrogens (tertiary/aromatic N) is 1. The Bertz CT molecular complexity index is 461. The maximum absolute atomic E-state index is 13.0. The fourth-order valence-electron chi connectivity index (χ4n) is 2.68. The number of hydrogen-bond acceptors (Lipinski definition) is 2. The highest BCUT2D eigenvalue weighted by molar-refractivity contribution is 5.67. The molecule has 0 bridgehead atoms. The molecule has 110 valence electrons. The van der Waals surface area contributed by atoms with Crippen molar-refractivity contribution < 1.29 is 23.1 Å². The van der Waals surface area contributed by atoms with Crippen LogP contribution in [0.25, 0.3) is 0 Å². The van der Waals surface area contributed by atoms with Gasteiger partial charge in [0.05, 0.1) is 6.42 Å². The summed E-state index contributed by atoms with van der Waals surface area (Å²) in [5.41, 5.74) is 1.01. The number of carbonyl (C=O) groups is 1. The molecule has 2 unspecified atom stereocenters. The van der Waals surface area contributed by atoms with Gasteiger partial charge in [0.15, 0.2) is 0 Å². The molecule has 1 N–H and O–H groups in total. The van der Waals surface area contributed by atoms with E-state index in [1.165, 1.54) is 4.90 Å². The summed E-state index contributed by atoms with van der Waals surface area (Å²) < 4.78 is 38.9. The highest BCUT2D eigenvalue weighted by Crippen LogP contribution is 2.34. The third-order valence-electron chi connectivity index (χ3n) is 3.68. The Labute approximate surface area is 115 Å². The van der Waals surface area contributed by atoms with Crippen LogP contribution in [0.15, 0.2) is 30.3 Å². The van der Waals surface area contributed by atoms with E-state index in [2.05, 4.69) is 0 Å². The van der Waals surface area contributed by atoms with Gasteiger partial charge in [0, 0.05) is 6.54 Å². The Kier molecular flexibility index (Phi) is 4.32. The molecule has 2 rings (SSSR count). The summed E-state index contributed by atoms with van der Waals surface area (Å²) in [6.45, 7) is 0.526. The van der Waals surface area contributed by atoms with Crippen molar-refractivity contribution >= 4 is 5.97 Å². The van der Waals surface area contributed by atoms with Crippen LogP contribution in [0.3, 0.4) is 0 Å². The summed E-state index contributed by atoms with van der Waals surface area (Å²) in [6.07, 6.45) is -4.79. The molecule has 0 aromatic heterocycles. The van der Waals surface area contributed by atoms with Crippen molar-refractivity contribution in [1.29, 1.82) is 0 Å². The maximum atomic E-state index is 13.0. The van der Waals surface area contributed by atoms with E-state index in [0.29, 0.717) is 6.42 Å². The van der Waals surface area contributed by atoms with Gasteiger partial charge < -0.3 is 5.11 Å². The Morgan fingerprint density at radius 2 is 2.00 bits per heavy atom. The van der Waals surface area contributed by atoms with E-state index in [9.17, 15) is 18.0 Å². The van der Waals surface area contributed by atoms with Crippen LogP contribution in [-0.4, -0.2) is 41.3 Å². The number of halogens is 3. The summed E-state index contributed by atoms with van der Waals surface area (Å²) in [5.74, 6) is -1.38. The van der Waals surface area contributed by atoms with E-state index in [1.807, 2.05) is 30.3 Å². The summed E-state index contributed by atoms with van der Waals surface area (Å²) in [7, 11) is 0. The van der Waals surface area contributed by atoms with Gasteiger partial charge in [-0.05, 0) is 24.4 Å². The third kappa shape index (κ3) is 3.50. The predicted octanol–water partition coefficient (Wildman–Crippen LogP) is 2.88. The summed E-state index contributed by atoms with van der Waals surface area (Å²) >= 11 is 0. The number of hydrogen-bond donors (Lipinski definition) is 1. The second kappa shape index (κ2) is 5.83. The Morgan fingerprint density at radius 3 is 2.55 bits per heavy atom. The molecule has 0 aliphatic carbocycles. The minimum Gasteiger partial charge on any atom is -0.481 e. The number of benzene rings is 1. The number of rotatable bonds is 4. The van der Waals surface area contributed by atoms with Crippen LogP contribution in [0.1, 0.15) is 24.3 Å². The maximum Gasteiger partial charge on any atom is 0.404 e. The summed E-state index contributed by atoms with van der Waals surface area (Å²) in [5, 5.41) is 8.66. The zero-order valence-corrected chi connectivity index (χ0v) is 10.8. The van der Waals surface area contributed by atoms with Crippen LogP contribution in [0.5, 0.6) is 0 Å². The fourth-order valence-corrected chi connectivity index (χ4v) is 2.68. The van der Waals surface area contributed by atoms with E-state index in [-0.39, 0.29) is 19.0 Å². The number of carboxylic acid groups (broad SMARTS) is 1. The smallest absolute Gasteiger partial charge is 0.404 e. The van der Waals surface area contributed by atoms with Gasteiger partial charge in [-0.15, -0.1) is 0 Å². The highest BCUT2D eigenvalue weighted by Gasteiger charge is 2.46. The van der Waals surface area contributed by atoms with E-state index in [4.69, 9.17) is 5.11 Å². The first kappa shape index (κ1) is 14.8. The molecule has 1 aliphatic heterocycles. The molecule has 1 saturated heterocycles. The summed E-state index contributed by atoms with van der Waals surface area (Å²) in [6, 6.07) is 7.47. The second-order valence-electron chi connectivity index (χ2n) is 5.05. The molecule has 1 aromatic rings. The molecule has 0 amide bonds. The first-order valence-electron chi connectivity index (χ1n) is 6.45. The Hall–Kier alpha value is -1.56. The molecule has 20 heavy (non-hydrogen) atoms. The topological polar surface area (TPSA) is 40.5 Å². The van der Waals surface area contributed by atoms with Crippen LogP contribution in [-0.2, 0) is 4.79 Å². The van der Waals surface area contributed by atoms with Crippen molar-refractivity contribution in [3.8, 4) is 0 Å². The minimum atomic E-state index is -4.51. The molecule has 0 radical (unpaired) electrons. The average Bonchev–Trinajstić information content (AvgIpc) is 2.84. The quantitative estimate of drug-likeness (QED) is 0.925. The Morgan fingerprint density at radius 1 is 1.35 bits per heavy atom. The van der Waals surface area contributed by atoms with Crippen LogP contribution in [0.4, 0.5) is 13.2 Å². The lowest BCUT2D eigenvalue weighted by atomic mass is 9.99. The van der Waals surface area contributed by atoms with Crippen molar-refractivity contribution in [3.63, 3.8) is 0 Å². The van der Waals surface area contributed by atoms with Crippen LogP contribution in [0, 0.1) is 0 Å². The second-order valence-corrected chi connectivity index (χ2v) is 5.05.